The molecule has 0 fully saturated rings. The highest BCUT2D eigenvalue weighted by atomic mass is 16.2. The molecule has 94 valence electrons. The Hall–Kier alpha value is -1.14. The van der Waals surface area contributed by atoms with Crippen molar-refractivity contribution < 1.29 is 9.59 Å². The van der Waals surface area contributed by atoms with Crippen molar-refractivity contribution in [1.82, 2.24) is 20.4 Å². The van der Waals surface area contributed by atoms with E-state index in [1.54, 1.807) is 0 Å². The highest BCUT2D eigenvalue weighted by Gasteiger charge is 2.06. The number of carbonyl (C=O) groups excluding carboxylic acids is 2. The third-order valence-electron chi connectivity index (χ3n) is 1.76. The average Bonchev–Trinajstić information content (AvgIpc) is 2.20. The Balaban J connectivity index is 3.55. The van der Waals surface area contributed by atoms with Crippen molar-refractivity contribution in [3.63, 3.8) is 0 Å². The lowest BCUT2D eigenvalue weighted by Gasteiger charge is -2.12. The Kier molecular flexibility index (Phi) is 7.49. The zero-order valence-electron chi connectivity index (χ0n) is 10.5. The molecule has 2 N–H and O–H groups in total. The van der Waals surface area contributed by atoms with E-state index in [1.807, 2.05) is 38.0 Å². The maximum Gasteiger partial charge on any atom is 0.221 e. The summed E-state index contributed by atoms with van der Waals surface area (Å²) in [7, 11) is 7.46. The smallest absolute Gasteiger partial charge is 0.221 e. The minimum atomic E-state index is -0.103. The first kappa shape index (κ1) is 14.9. The first-order valence-corrected chi connectivity index (χ1v) is 5.24. The first-order valence-electron chi connectivity index (χ1n) is 5.24. The van der Waals surface area contributed by atoms with Gasteiger partial charge in [0.15, 0.2) is 0 Å². The standard InChI is InChI=1S/C10H22N4O2/c1-13(2)7-11-9(15)5-6-10(16)12-8-14(3)4/h5-8H2,1-4H3,(H,11,15)(H,12,16). The summed E-state index contributed by atoms with van der Waals surface area (Å²) >= 11 is 0. The molecule has 0 heterocycles. The average molecular weight is 230 g/mol. The lowest BCUT2D eigenvalue weighted by molar-refractivity contribution is -0.127. The van der Waals surface area contributed by atoms with Crippen molar-refractivity contribution in [2.24, 2.45) is 0 Å². The molecule has 0 aliphatic carbocycles. The topological polar surface area (TPSA) is 64.7 Å². The Morgan fingerprint density at radius 1 is 0.812 bits per heavy atom. The van der Waals surface area contributed by atoms with Gasteiger partial charge in [0.1, 0.15) is 0 Å². The summed E-state index contributed by atoms with van der Waals surface area (Å²) in [6, 6.07) is 0. The predicted molar refractivity (Wildman–Crippen MR) is 62.6 cm³/mol. The van der Waals surface area contributed by atoms with Gasteiger partial charge in [-0.05, 0) is 28.2 Å². The largest absolute Gasteiger partial charge is 0.343 e. The summed E-state index contributed by atoms with van der Waals surface area (Å²) in [6.45, 7) is 0.996. The van der Waals surface area contributed by atoms with Crippen molar-refractivity contribution in [3.8, 4) is 0 Å². The maximum absolute atomic E-state index is 11.3. The van der Waals surface area contributed by atoms with Crippen molar-refractivity contribution in [2.45, 2.75) is 12.8 Å². The normalized spacial score (nSPS) is 10.6. The van der Waals surface area contributed by atoms with Gasteiger partial charge in [-0.2, -0.15) is 0 Å². The van der Waals surface area contributed by atoms with E-state index in [4.69, 9.17) is 0 Å². The van der Waals surface area contributed by atoms with Crippen LogP contribution in [0.5, 0.6) is 0 Å². The van der Waals surface area contributed by atoms with Crippen LogP contribution in [0.4, 0.5) is 0 Å². The minimum Gasteiger partial charge on any atom is -0.343 e. The molecule has 0 aromatic rings. The fourth-order valence-corrected chi connectivity index (χ4v) is 0.896. The summed E-state index contributed by atoms with van der Waals surface area (Å²) in [5.41, 5.74) is 0. The van der Waals surface area contributed by atoms with E-state index in [0.717, 1.165) is 0 Å². The molecule has 0 aromatic carbocycles. The Labute approximate surface area is 97.0 Å². The molecule has 0 radical (unpaired) electrons. The van der Waals surface area contributed by atoms with E-state index < -0.39 is 0 Å². The van der Waals surface area contributed by atoms with Crippen LogP contribution in [0.1, 0.15) is 12.8 Å². The zero-order valence-corrected chi connectivity index (χ0v) is 10.5. The van der Waals surface area contributed by atoms with E-state index in [0.29, 0.717) is 13.3 Å². The number of rotatable bonds is 7. The van der Waals surface area contributed by atoms with Gasteiger partial charge in [0, 0.05) is 12.8 Å². The minimum absolute atomic E-state index is 0.103. The van der Waals surface area contributed by atoms with Gasteiger partial charge < -0.3 is 10.6 Å². The second-order valence-corrected chi connectivity index (χ2v) is 4.18. The molecular formula is C10H22N4O2. The van der Waals surface area contributed by atoms with Gasteiger partial charge in [-0.25, -0.2) is 0 Å². The van der Waals surface area contributed by atoms with Crippen LogP contribution >= 0.6 is 0 Å². The molecule has 0 rings (SSSR count). The molecule has 16 heavy (non-hydrogen) atoms. The number of carbonyl (C=O) groups is 2. The van der Waals surface area contributed by atoms with Crippen molar-refractivity contribution in [3.05, 3.63) is 0 Å². The van der Waals surface area contributed by atoms with Gasteiger partial charge >= 0.3 is 0 Å². The monoisotopic (exact) mass is 230 g/mol. The van der Waals surface area contributed by atoms with E-state index in [2.05, 4.69) is 10.6 Å². The summed E-state index contributed by atoms with van der Waals surface area (Å²) in [5, 5.41) is 5.40. The van der Waals surface area contributed by atoms with E-state index in [9.17, 15) is 9.59 Å². The summed E-state index contributed by atoms with van der Waals surface area (Å²) in [6.07, 6.45) is 0.459. The molecule has 2 amide bonds. The van der Waals surface area contributed by atoms with Crippen LogP contribution in [0.15, 0.2) is 0 Å². The van der Waals surface area contributed by atoms with Crippen LogP contribution in [0.2, 0.25) is 0 Å². The lowest BCUT2D eigenvalue weighted by Crippen LogP contribution is -2.35. The molecule has 0 atom stereocenters. The Morgan fingerprint density at radius 2 is 1.12 bits per heavy atom. The van der Waals surface area contributed by atoms with E-state index in [1.165, 1.54) is 0 Å². The van der Waals surface area contributed by atoms with Gasteiger partial charge in [-0.15, -0.1) is 0 Å². The summed E-state index contributed by atoms with van der Waals surface area (Å²) in [5.74, 6) is -0.206. The van der Waals surface area contributed by atoms with Crippen LogP contribution in [0, 0.1) is 0 Å². The van der Waals surface area contributed by atoms with Crippen molar-refractivity contribution in [1.29, 1.82) is 0 Å². The molecule has 6 nitrogen and oxygen atoms in total. The number of hydrogen-bond acceptors (Lipinski definition) is 4. The van der Waals surface area contributed by atoms with E-state index in [-0.39, 0.29) is 24.7 Å². The molecule has 0 saturated heterocycles. The molecule has 0 saturated carbocycles. The van der Waals surface area contributed by atoms with E-state index >= 15 is 0 Å². The van der Waals surface area contributed by atoms with Crippen LogP contribution in [0.3, 0.4) is 0 Å². The quantitative estimate of drug-likeness (QED) is 0.553. The molecule has 6 heteroatoms. The fourth-order valence-electron chi connectivity index (χ4n) is 0.896. The molecule has 0 aromatic heterocycles. The van der Waals surface area contributed by atoms with Gasteiger partial charge in [0.05, 0.1) is 13.3 Å². The summed E-state index contributed by atoms with van der Waals surface area (Å²) < 4.78 is 0. The van der Waals surface area contributed by atoms with Gasteiger partial charge in [0.25, 0.3) is 0 Å². The molecular weight excluding hydrogens is 208 g/mol. The maximum atomic E-state index is 11.3. The molecule has 0 aliphatic rings. The van der Waals surface area contributed by atoms with Gasteiger partial charge in [0.2, 0.25) is 11.8 Å². The third kappa shape index (κ3) is 9.42. The number of nitrogens with one attached hydrogen (secondary N) is 2. The lowest BCUT2D eigenvalue weighted by atomic mass is 10.3. The second kappa shape index (κ2) is 8.06. The van der Waals surface area contributed by atoms with Crippen molar-refractivity contribution in [2.75, 3.05) is 41.5 Å². The highest BCUT2D eigenvalue weighted by molar-refractivity contribution is 5.83. The molecule has 0 bridgehead atoms. The van der Waals surface area contributed by atoms with Crippen LogP contribution in [0.25, 0.3) is 0 Å². The first-order chi connectivity index (χ1) is 7.41. The Morgan fingerprint density at radius 3 is 1.38 bits per heavy atom. The SMILES string of the molecule is CN(C)CNC(=O)CCC(=O)NCN(C)C. The molecule has 0 aliphatic heterocycles. The number of hydrogen-bond donors (Lipinski definition) is 2. The van der Waals surface area contributed by atoms with Crippen LogP contribution in [-0.4, -0.2) is 63.1 Å². The fraction of sp³-hybridized carbons (Fsp3) is 0.800. The Bertz CT molecular complexity index is 205. The zero-order chi connectivity index (χ0) is 12.6. The summed E-state index contributed by atoms with van der Waals surface area (Å²) in [4.78, 5) is 26.2. The third-order valence-corrected chi connectivity index (χ3v) is 1.76. The van der Waals surface area contributed by atoms with Gasteiger partial charge in [-0.3, -0.25) is 19.4 Å². The van der Waals surface area contributed by atoms with Crippen molar-refractivity contribution >= 4 is 11.8 Å². The molecule has 0 spiro atoms. The predicted octanol–water partition coefficient (Wildman–Crippen LogP) is -0.963. The van der Waals surface area contributed by atoms with Crippen LogP contribution < -0.4 is 10.6 Å². The number of amides is 2. The van der Waals surface area contributed by atoms with Crippen LogP contribution in [-0.2, 0) is 9.59 Å². The second-order valence-electron chi connectivity index (χ2n) is 4.18. The van der Waals surface area contributed by atoms with Gasteiger partial charge in [-0.1, -0.05) is 0 Å². The molecule has 0 unspecified atom stereocenters. The number of nitrogens with zero attached hydrogens (tertiary/aromatic N) is 2. The highest BCUT2D eigenvalue weighted by Crippen LogP contribution is 1.89.